The van der Waals surface area contributed by atoms with Crippen LogP contribution in [-0.4, -0.2) is 13.1 Å². The first-order chi connectivity index (χ1) is 6.86. The van der Waals surface area contributed by atoms with E-state index in [1.165, 1.54) is 25.7 Å². The van der Waals surface area contributed by atoms with Gasteiger partial charge in [-0.2, -0.15) is 0 Å². The van der Waals surface area contributed by atoms with E-state index in [1.54, 1.807) is 6.26 Å². The summed E-state index contributed by atoms with van der Waals surface area (Å²) in [6.07, 6.45) is 7.62. The van der Waals surface area contributed by atoms with Crippen LogP contribution in [0.25, 0.3) is 0 Å². The fraction of sp³-hybridized carbons (Fsp3) is 0.818. The number of ether oxygens (including phenoxy) is 3. The molecule has 1 heterocycles. The lowest BCUT2D eigenvalue weighted by Gasteiger charge is -2.10. The third-order valence-electron chi connectivity index (χ3n) is 2.14. The van der Waals surface area contributed by atoms with Crippen LogP contribution in [0.2, 0.25) is 0 Å². The van der Waals surface area contributed by atoms with Crippen molar-refractivity contribution in [1.82, 2.24) is 0 Å². The summed E-state index contributed by atoms with van der Waals surface area (Å²) in [6.45, 7) is 4.24. The zero-order chi connectivity index (χ0) is 10.2. The maximum Gasteiger partial charge on any atom is 0.360 e. The van der Waals surface area contributed by atoms with Gasteiger partial charge in [-0.3, -0.25) is 0 Å². The molecule has 1 aliphatic heterocycles. The first-order valence-electron chi connectivity index (χ1n) is 5.49. The summed E-state index contributed by atoms with van der Waals surface area (Å²) in [7, 11) is 0. The van der Waals surface area contributed by atoms with E-state index in [0.717, 1.165) is 12.2 Å². The molecule has 0 fully saturated rings. The van der Waals surface area contributed by atoms with Gasteiger partial charge in [-0.25, -0.2) is 0 Å². The van der Waals surface area contributed by atoms with Crippen molar-refractivity contribution in [1.29, 1.82) is 0 Å². The highest BCUT2D eigenvalue weighted by Gasteiger charge is 2.18. The van der Waals surface area contributed by atoms with Crippen molar-refractivity contribution >= 4 is 0 Å². The molecule has 0 aromatic rings. The monoisotopic (exact) mass is 200 g/mol. The molecule has 0 N–H and O–H groups in total. The molecule has 3 heteroatoms. The summed E-state index contributed by atoms with van der Waals surface area (Å²) in [5.74, 6) is 0.916. The minimum absolute atomic E-state index is 0.499. The van der Waals surface area contributed by atoms with Gasteiger partial charge in [0.05, 0.1) is 6.61 Å². The van der Waals surface area contributed by atoms with E-state index in [-0.39, 0.29) is 0 Å². The maximum atomic E-state index is 5.40. The molecule has 0 saturated carbocycles. The lowest BCUT2D eigenvalue weighted by atomic mass is 10.1. The van der Waals surface area contributed by atoms with Gasteiger partial charge in [0.15, 0.2) is 0 Å². The van der Waals surface area contributed by atoms with Crippen LogP contribution in [-0.2, 0) is 14.2 Å². The van der Waals surface area contributed by atoms with Gasteiger partial charge in [-0.15, -0.1) is 0 Å². The van der Waals surface area contributed by atoms with Crippen LogP contribution in [0.3, 0.4) is 0 Å². The molecule has 1 rings (SSSR count). The van der Waals surface area contributed by atoms with Crippen LogP contribution in [0, 0.1) is 0 Å². The Kier molecular flexibility index (Phi) is 5.45. The summed E-state index contributed by atoms with van der Waals surface area (Å²) < 4.78 is 15.7. The van der Waals surface area contributed by atoms with Crippen LogP contribution >= 0.6 is 0 Å². The molecule has 82 valence electrons. The van der Waals surface area contributed by atoms with Crippen LogP contribution in [0.4, 0.5) is 0 Å². The fourth-order valence-electron chi connectivity index (χ4n) is 1.36. The van der Waals surface area contributed by atoms with Crippen molar-refractivity contribution < 1.29 is 14.2 Å². The van der Waals surface area contributed by atoms with E-state index in [9.17, 15) is 0 Å². The number of hydrogen-bond acceptors (Lipinski definition) is 3. The fourth-order valence-corrected chi connectivity index (χ4v) is 1.36. The second-order valence-electron chi connectivity index (χ2n) is 3.39. The number of hydrogen-bond donors (Lipinski definition) is 0. The summed E-state index contributed by atoms with van der Waals surface area (Å²) in [5.41, 5.74) is 0. The lowest BCUT2D eigenvalue weighted by molar-refractivity contribution is -0.221. The Bertz CT molecular complexity index is 177. The molecule has 0 radical (unpaired) electrons. The van der Waals surface area contributed by atoms with E-state index in [2.05, 4.69) is 6.92 Å². The molecular weight excluding hydrogens is 180 g/mol. The molecule has 1 aliphatic rings. The second-order valence-corrected chi connectivity index (χ2v) is 3.39. The average Bonchev–Trinajstić information content (AvgIpc) is 2.61. The highest BCUT2D eigenvalue weighted by Crippen LogP contribution is 2.20. The Labute approximate surface area is 86.0 Å². The molecule has 0 bridgehead atoms. The van der Waals surface area contributed by atoms with E-state index < -0.39 is 6.48 Å². The summed E-state index contributed by atoms with van der Waals surface area (Å²) in [5, 5.41) is 0. The molecule has 0 spiro atoms. The highest BCUT2D eigenvalue weighted by molar-refractivity contribution is 4.90. The van der Waals surface area contributed by atoms with Crippen molar-refractivity contribution in [3.05, 3.63) is 12.0 Å². The smallest absolute Gasteiger partial charge is 0.360 e. The molecule has 0 amide bonds. The van der Waals surface area contributed by atoms with Crippen LogP contribution in [0.1, 0.15) is 46.0 Å². The molecule has 14 heavy (non-hydrogen) atoms. The number of rotatable bonds is 7. The molecule has 1 unspecified atom stereocenters. The van der Waals surface area contributed by atoms with E-state index in [4.69, 9.17) is 14.2 Å². The third-order valence-corrected chi connectivity index (χ3v) is 2.14. The summed E-state index contributed by atoms with van der Waals surface area (Å²) >= 11 is 0. The van der Waals surface area contributed by atoms with Gasteiger partial charge >= 0.3 is 6.48 Å². The maximum absolute atomic E-state index is 5.40. The van der Waals surface area contributed by atoms with Gasteiger partial charge in [-0.05, 0) is 13.3 Å². The Morgan fingerprint density at radius 2 is 2.14 bits per heavy atom. The lowest BCUT2D eigenvalue weighted by Crippen LogP contribution is -2.13. The van der Waals surface area contributed by atoms with E-state index >= 15 is 0 Å². The van der Waals surface area contributed by atoms with Crippen molar-refractivity contribution in [2.45, 2.75) is 52.4 Å². The zero-order valence-electron chi connectivity index (χ0n) is 9.12. The zero-order valence-corrected chi connectivity index (χ0v) is 9.12. The van der Waals surface area contributed by atoms with Gasteiger partial charge in [0.2, 0.25) is 0 Å². The Hall–Kier alpha value is -0.700. The second kappa shape index (κ2) is 6.71. The summed E-state index contributed by atoms with van der Waals surface area (Å²) in [4.78, 5) is 0. The Morgan fingerprint density at radius 1 is 1.29 bits per heavy atom. The SMILES string of the molecule is CCCCCCC1=COC(OCC)O1. The third kappa shape index (κ3) is 4.01. The van der Waals surface area contributed by atoms with Crippen molar-refractivity contribution in [3.8, 4) is 0 Å². The molecule has 1 atom stereocenters. The molecule has 0 aromatic heterocycles. The highest BCUT2D eigenvalue weighted by atomic mass is 16.9. The Morgan fingerprint density at radius 3 is 2.86 bits per heavy atom. The van der Waals surface area contributed by atoms with Crippen LogP contribution in [0.5, 0.6) is 0 Å². The topological polar surface area (TPSA) is 27.7 Å². The predicted molar refractivity (Wildman–Crippen MR) is 54.4 cm³/mol. The van der Waals surface area contributed by atoms with Gasteiger partial charge in [0, 0.05) is 6.42 Å². The van der Waals surface area contributed by atoms with Gasteiger partial charge < -0.3 is 14.2 Å². The molecule has 3 nitrogen and oxygen atoms in total. The predicted octanol–water partition coefficient (Wildman–Crippen LogP) is 3.17. The standard InChI is InChI=1S/C11H20O3/c1-3-5-6-7-8-10-9-13-11(14-10)12-4-2/h9,11H,3-8H2,1-2H3. The summed E-state index contributed by atoms with van der Waals surface area (Å²) in [6, 6.07) is 0. The van der Waals surface area contributed by atoms with Crippen molar-refractivity contribution in [2.75, 3.05) is 6.61 Å². The minimum atomic E-state index is -0.499. The molecular formula is C11H20O3. The number of unbranched alkanes of at least 4 members (excludes halogenated alkanes) is 3. The van der Waals surface area contributed by atoms with E-state index in [0.29, 0.717) is 6.61 Å². The number of allylic oxidation sites excluding steroid dienone is 1. The largest absolute Gasteiger partial charge is 0.437 e. The minimum Gasteiger partial charge on any atom is -0.437 e. The normalized spacial score (nSPS) is 20.1. The van der Waals surface area contributed by atoms with Crippen LogP contribution < -0.4 is 0 Å². The quantitative estimate of drug-likeness (QED) is 0.591. The van der Waals surface area contributed by atoms with Gasteiger partial charge in [-0.1, -0.05) is 26.2 Å². The average molecular weight is 200 g/mol. The first kappa shape index (κ1) is 11.4. The van der Waals surface area contributed by atoms with Crippen molar-refractivity contribution in [2.24, 2.45) is 0 Å². The van der Waals surface area contributed by atoms with Gasteiger partial charge in [0.1, 0.15) is 12.0 Å². The molecule has 0 saturated heterocycles. The first-order valence-corrected chi connectivity index (χ1v) is 5.49. The van der Waals surface area contributed by atoms with Crippen LogP contribution in [0.15, 0.2) is 12.0 Å². The van der Waals surface area contributed by atoms with Gasteiger partial charge in [0.25, 0.3) is 0 Å². The molecule has 0 aromatic carbocycles. The van der Waals surface area contributed by atoms with E-state index in [1.807, 2.05) is 6.92 Å². The van der Waals surface area contributed by atoms with Crippen molar-refractivity contribution in [3.63, 3.8) is 0 Å². The Balaban J connectivity index is 2.03. The molecule has 0 aliphatic carbocycles.